The molecule has 25 heavy (non-hydrogen) atoms. The molecule has 1 heterocycles. The number of anilines is 1. The van der Waals surface area contributed by atoms with E-state index in [0.717, 1.165) is 11.3 Å². The van der Waals surface area contributed by atoms with Gasteiger partial charge in [-0.3, -0.25) is 9.59 Å². The number of fused-ring (bicyclic) bond motifs is 1. The number of aryl methyl sites for hydroxylation is 1. The predicted molar refractivity (Wildman–Crippen MR) is 95.3 cm³/mol. The molecule has 2 amide bonds. The molecule has 0 saturated carbocycles. The Morgan fingerprint density at radius 3 is 2.92 bits per heavy atom. The van der Waals surface area contributed by atoms with Crippen LogP contribution in [-0.4, -0.2) is 25.0 Å². The Labute approximate surface area is 152 Å². The fraction of sp³-hybridized carbons (Fsp3) is 0.222. The van der Waals surface area contributed by atoms with Crippen molar-refractivity contribution in [3.8, 4) is 5.75 Å². The molecule has 0 aromatic heterocycles. The van der Waals surface area contributed by atoms with Gasteiger partial charge in [0.05, 0.1) is 12.1 Å². The highest BCUT2D eigenvalue weighted by Crippen LogP contribution is 2.26. The fourth-order valence-electron chi connectivity index (χ4n) is 2.55. The highest BCUT2D eigenvalue weighted by atomic mass is 79.9. The van der Waals surface area contributed by atoms with Gasteiger partial charge in [-0.05, 0) is 64.3 Å². The normalized spacial score (nSPS) is 13.0. The molecule has 0 fully saturated rings. The van der Waals surface area contributed by atoms with Crippen molar-refractivity contribution >= 4 is 33.4 Å². The summed E-state index contributed by atoms with van der Waals surface area (Å²) < 4.78 is 19.4. The first-order chi connectivity index (χ1) is 12.0. The number of nitrogens with one attached hydrogen (secondary N) is 2. The largest absolute Gasteiger partial charge is 0.492 e. The third-order valence-electron chi connectivity index (χ3n) is 3.80. The number of halogens is 2. The van der Waals surface area contributed by atoms with Crippen LogP contribution in [0, 0.1) is 5.82 Å². The minimum absolute atomic E-state index is 0.0207. The summed E-state index contributed by atoms with van der Waals surface area (Å²) in [6.07, 6.45) is 1.15. The van der Waals surface area contributed by atoms with Crippen molar-refractivity contribution in [2.24, 2.45) is 0 Å². The third-order valence-corrected chi connectivity index (χ3v) is 4.49. The summed E-state index contributed by atoms with van der Waals surface area (Å²) in [5.74, 6) is -0.141. The van der Waals surface area contributed by atoms with E-state index >= 15 is 0 Å². The first-order valence-corrected chi connectivity index (χ1v) is 8.61. The van der Waals surface area contributed by atoms with Crippen molar-refractivity contribution in [1.82, 2.24) is 5.32 Å². The lowest BCUT2D eigenvalue weighted by Crippen LogP contribution is -2.28. The van der Waals surface area contributed by atoms with Gasteiger partial charge >= 0.3 is 0 Å². The molecule has 0 atom stereocenters. The molecule has 2 N–H and O–H groups in total. The summed E-state index contributed by atoms with van der Waals surface area (Å²) >= 11 is 3.23. The number of hydrogen-bond acceptors (Lipinski definition) is 3. The monoisotopic (exact) mass is 406 g/mol. The zero-order valence-electron chi connectivity index (χ0n) is 13.3. The summed E-state index contributed by atoms with van der Waals surface area (Å²) in [5, 5.41) is 5.50. The van der Waals surface area contributed by atoms with Crippen molar-refractivity contribution in [1.29, 1.82) is 0 Å². The Morgan fingerprint density at radius 1 is 1.24 bits per heavy atom. The van der Waals surface area contributed by atoms with E-state index in [1.807, 2.05) is 12.1 Å². The molecule has 0 bridgehead atoms. The first-order valence-electron chi connectivity index (χ1n) is 7.82. The van der Waals surface area contributed by atoms with E-state index in [1.54, 1.807) is 6.07 Å². The lowest BCUT2D eigenvalue weighted by molar-refractivity contribution is -0.116. The van der Waals surface area contributed by atoms with E-state index in [-0.39, 0.29) is 30.5 Å². The standard InChI is InChI=1S/C18H16BrFN2O3/c19-15-4-2-12(20)10-14(15)18(24)21-7-8-25-13-3-5-16-11(9-13)1-6-17(23)22-16/h2-5,9-10H,1,6-8H2,(H,21,24)(H,22,23). The third kappa shape index (κ3) is 4.36. The van der Waals surface area contributed by atoms with Crippen molar-refractivity contribution in [3.05, 3.63) is 57.8 Å². The quantitative estimate of drug-likeness (QED) is 0.748. The lowest BCUT2D eigenvalue weighted by atomic mass is 10.0. The van der Waals surface area contributed by atoms with Crippen molar-refractivity contribution < 1.29 is 18.7 Å². The number of carbonyl (C=O) groups is 2. The van der Waals surface area contributed by atoms with Gasteiger partial charge in [-0.25, -0.2) is 4.39 Å². The van der Waals surface area contributed by atoms with E-state index in [4.69, 9.17) is 4.74 Å². The maximum atomic E-state index is 13.2. The Kier molecular flexibility index (Phi) is 5.33. The van der Waals surface area contributed by atoms with E-state index in [9.17, 15) is 14.0 Å². The van der Waals surface area contributed by atoms with Crippen molar-refractivity contribution in [2.75, 3.05) is 18.5 Å². The Morgan fingerprint density at radius 2 is 2.08 bits per heavy atom. The number of ether oxygens (including phenoxy) is 1. The lowest BCUT2D eigenvalue weighted by Gasteiger charge is -2.17. The summed E-state index contributed by atoms with van der Waals surface area (Å²) in [4.78, 5) is 23.4. The smallest absolute Gasteiger partial charge is 0.252 e. The van der Waals surface area contributed by atoms with Gasteiger partial charge in [0.25, 0.3) is 5.91 Å². The van der Waals surface area contributed by atoms with Crippen LogP contribution < -0.4 is 15.4 Å². The predicted octanol–water partition coefficient (Wildman–Crippen LogP) is 3.28. The maximum absolute atomic E-state index is 13.2. The van der Waals surface area contributed by atoms with Gasteiger partial charge in [0.1, 0.15) is 18.2 Å². The number of rotatable bonds is 5. The SMILES string of the molecule is O=C1CCc2cc(OCCNC(=O)c3cc(F)ccc3Br)ccc2N1. The molecule has 0 spiro atoms. The molecule has 0 unspecified atom stereocenters. The van der Waals surface area contributed by atoms with Gasteiger partial charge in [0.15, 0.2) is 0 Å². The topological polar surface area (TPSA) is 67.4 Å². The van der Waals surface area contributed by atoms with E-state index in [0.29, 0.717) is 23.1 Å². The van der Waals surface area contributed by atoms with Crippen LogP contribution in [0.2, 0.25) is 0 Å². The van der Waals surface area contributed by atoms with Crippen molar-refractivity contribution in [3.63, 3.8) is 0 Å². The van der Waals surface area contributed by atoms with Crippen LogP contribution in [0.1, 0.15) is 22.3 Å². The zero-order chi connectivity index (χ0) is 17.8. The molecule has 130 valence electrons. The van der Waals surface area contributed by atoms with Gasteiger partial charge in [-0.1, -0.05) is 0 Å². The Bertz CT molecular complexity index is 826. The molecular weight excluding hydrogens is 391 g/mol. The molecule has 1 aliphatic heterocycles. The van der Waals surface area contributed by atoms with Crippen LogP contribution in [0.5, 0.6) is 5.75 Å². The van der Waals surface area contributed by atoms with Crippen LogP contribution in [0.25, 0.3) is 0 Å². The Balaban J connectivity index is 1.51. The van der Waals surface area contributed by atoms with E-state index in [1.165, 1.54) is 18.2 Å². The highest BCUT2D eigenvalue weighted by molar-refractivity contribution is 9.10. The number of carbonyl (C=O) groups excluding carboxylic acids is 2. The number of amides is 2. The molecule has 3 rings (SSSR count). The molecule has 0 aliphatic carbocycles. The van der Waals surface area contributed by atoms with Crippen molar-refractivity contribution in [2.45, 2.75) is 12.8 Å². The van der Waals surface area contributed by atoms with Gasteiger partial charge in [0, 0.05) is 16.6 Å². The summed E-state index contributed by atoms with van der Waals surface area (Å²) in [6, 6.07) is 9.42. The molecule has 7 heteroatoms. The van der Waals surface area contributed by atoms with Gasteiger partial charge in [-0.2, -0.15) is 0 Å². The molecule has 1 aliphatic rings. The average Bonchev–Trinajstić information content (AvgIpc) is 2.60. The van der Waals surface area contributed by atoms with Crippen LogP contribution in [0.4, 0.5) is 10.1 Å². The van der Waals surface area contributed by atoms with Gasteiger partial charge < -0.3 is 15.4 Å². The summed E-state index contributed by atoms with van der Waals surface area (Å²) in [7, 11) is 0. The van der Waals surface area contributed by atoms with E-state index < -0.39 is 5.82 Å². The molecular formula is C18H16BrFN2O3. The highest BCUT2D eigenvalue weighted by Gasteiger charge is 2.15. The molecule has 5 nitrogen and oxygen atoms in total. The van der Waals surface area contributed by atoms with Gasteiger partial charge in [-0.15, -0.1) is 0 Å². The molecule has 0 radical (unpaired) electrons. The van der Waals surface area contributed by atoms with Gasteiger partial charge in [0.2, 0.25) is 5.91 Å². The second kappa shape index (κ2) is 7.65. The molecule has 2 aromatic rings. The zero-order valence-corrected chi connectivity index (χ0v) is 14.9. The number of benzene rings is 2. The summed E-state index contributed by atoms with van der Waals surface area (Å²) in [6.45, 7) is 0.569. The average molecular weight is 407 g/mol. The maximum Gasteiger partial charge on any atom is 0.252 e. The molecule has 2 aromatic carbocycles. The van der Waals surface area contributed by atoms with E-state index in [2.05, 4.69) is 26.6 Å². The number of hydrogen-bond donors (Lipinski definition) is 2. The van der Waals surface area contributed by atoms with Crippen LogP contribution >= 0.6 is 15.9 Å². The fourth-order valence-corrected chi connectivity index (χ4v) is 2.98. The minimum Gasteiger partial charge on any atom is -0.492 e. The first kappa shape index (κ1) is 17.4. The Hall–Kier alpha value is -2.41. The second-order valence-electron chi connectivity index (χ2n) is 5.60. The van der Waals surface area contributed by atoms with Crippen LogP contribution in [0.3, 0.4) is 0 Å². The molecule has 0 saturated heterocycles. The minimum atomic E-state index is -0.467. The summed E-state index contributed by atoms with van der Waals surface area (Å²) in [5.41, 5.74) is 2.09. The van der Waals surface area contributed by atoms with Crippen LogP contribution in [0.15, 0.2) is 40.9 Å². The van der Waals surface area contributed by atoms with Crippen LogP contribution in [-0.2, 0) is 11.2 Å². The second-order valence-corrected chi connectivity index (χ2v) is 6.45.